The Bertz CT molecular complexity index is 1470. The van der Waals surface area contributed by atoms with Gasteiger partial charge in [0.1, 0.15) is 12.6 Å². The molecule has 0 saturated carbocycles. The number of rotatable bonds is 12. The van der Waals surface area contributed by atoms with E-state index in [1.807, 2.05) is 44.2 Å². The summed E-state index contributed by atoms with van der Waals surface area (Å²) in [4.78, 5) is 28.0. The first-order valence-electron chi connectivity index (χ1n) is 13.3. The van der Waals surface area contributed by atoms with E-state index in [2.05, 4.69) is 5.32 Å². The van der Waals surface area contributed by atoms with E-state index in [-0.39, 0.29) is 22.5 Å². The summed E-state index contributed by atoms with van der Waals surface area (Å²) in [5.41, 5.74) is -0.771. The van der Waals surface area contributed by atoms with Crippen LogP contribution in [0.4, 0.5) is 18.9 Å². The van der Waals surface area contributed by atoms with Gasteiger partial charge in [0, 0.05) is 12.6 Å². The summed E-state index contributed by atoms with van der Waals surface area (Å²) in [6.07, 6.45) is -3.80. The predicted octanol–water partition coefficient (Wildman–Crippen LogP) is 5.93. The lowest BCUT2D eigenvalue weighted by molar-refractivity contribution is -0.139. The molecule has 3 rings (SSSR count). The lowest BCUT2D eigenvalue weighted by atomic mass is 10.1. The van der Waals surface area contributed by atoms with Crippen molar-refractivity contribution in [2.75, 3.05) is 17.4 Å². The fourth-order valence-electron chi connectivity index (χ4n) is 4.15. The highest BCUT2D eigenvalue weighted by molar-refractivity contribution is 7.92. The van der Waals surface area contributed by atoms with Crippen molar-refractivity contribution < 1.29 is 31.2 Å². The lowest BCUT2D eigenvalue weighted by Crippen LogP contribution is -2.53. The molecule has 7 nitrogen and oxygen atoms in total. The van der Waals surface area contributed by atoms with Crippen LogP contribution >= 0.6 is 11.6 Å². The molecular weight excluding hydrogens is 591 g/mol. The van der Waals surface area contributed by atoms with Crippen LogP contribution in [0.2, 0.25) is 5.02 Å². The first-order chi connectivity index (χ1) is 19.8. The van der Waals surface area contributed by atoms with Gasteiger partial charge in [0.15, 0.2) is 0 Å². The fraction of sp³-hybridized carbons (Fsp3) is 0.333. The number of hydrogen-bond acceptors (Lipinski definition) is 4. The third kappa shape index (κ3) is 8.25. The molecule has 0 saturated heterocycles. The second-order valence-corrected chi connectivity index (χ2v) is 12.1. The summed E-state index contributed by atoms with van der Waals surface area (Å²) in [5.74, 6) is -1.23. The molecule has 0 aliphatic heterocycles. The number of hydrogen-bond donors (Lipinski definition) is 1. The third-order valence-electron chi connectivity index (χ3n) is 6.80. The first kappa shape index (κ1) is 32.9. The number of carbonyl (C=O) groups is 2. The molecule has 0 bridgehead atoms. The summed E-state index contributed by atoms with van der Waals surface area (Å²) in [7, 11) is -4.57. The zero-order valence-electron chi connectivity index (χ0n) is 23.4. The van der Waals surface area contributed by atoms with E-state index in [4.69, 9.17) is 11.6 Å². The molecule has 2 amide bonds. The number of benzene rings is 3. The highest BCUT2D eigenvalue weighted by atomic mass is 35.5. The Hall–Kier alpha value is -3.57. The molecule has 2 atom stereocenters. The number of sulfonamides is 1. The lowest BCUT2D eigenvalue weighted by Gasteiger charge is -2.32. The van der Waals surface area contributed by atoms with Crippen LogP contribution in [0.3, 0.4) is 0 Å². The van der Waals surface area contributed by atoms with E-state index in [0.29, 0.717) is 23.2 Å². The van der Waals surface area contributed by atoms with Crippen molar-refractivity contribution in [1.82, 2.24) is 10.2 Å². The second-order valence-electron chi connectivity index (χ2n) is 9.81. The molecule has 0 aromatic heterocycles. The van der Waals surface area contributed by atoms with E-state index < -0.39 is 51.9 Å². The highest BCUT2D eigenvalue weighted by Gasteiger charge is 2.36. The molecule has 12 heteroatoms. The largest absolute Gasteiger partial charge is 0.416 e. The van der Waals surface area contributed by atoms with E-state index in [1.54, 1.807) is 6.07 Å². The molecule has 1 N–H and O–H groups in total. The number of amides is 2. The van der Waals surface area contributed by atoms with Crippen molar-refractivity contribution in [3.63, 3.8) is 0 Å². The maximum atomic E-state index is 13.9. The number of carbonyl (C=O) groups excluding carboxylic acids is 2. The second kappa shape index (κ2) is 14.1. The van der Waals surface area contributed by atoms with Gasteiger partial charge in [-0.2, -0.15) is 13.2 Å². The molecule has 3 aromatic rings. The minimum absolute atomic E-state index is 0.0491. The summed E-state index contributed by atoms with van der Waals surface area (Å²) in [6.45, 7) is 4.37. The number of halogens is 4. The molecule has 0 aliphatic rings. The molecular formula is C30H33ClF3N3O4S. The minimum Gasteiger partial charge on any atom is -0.352 e. The van der Waals surface area contributed by atoms with Gasteiger partial charge < -0.3 is 10.2 Å². The van der Waals surface area contributed by atoms with Gasteiger partial charge >= 0.3 is 6.18 Å². The highest BCUT2D eigenvalue weighted by Crippen LogP contribution is 2.37. The SMILES string of the molecule is CC[C@H](C)NC(=O)[C@@H](C)N(CCc1ccccc1)C(=O)CN(c1cc(C(F)(F)F)ccc1Cl)S(=O)(=O)c1ccccc1. The van der Waals surface area contributed by atoms with Gasteiger partial charge in [0.2, 0.25) is 11.8 Å². The Balaban J connectivity index is 2.07. The van der Waals surface area contributed by atoms with Gasteiger partial charge in [0.25, 0.3) is 10.0 Å². The van der Waals surface area contributed by atoms with Crippen LogP contribution in [0.15, 0.2) is 83.8 Å². The molecule has 226 valence electrons. The van der Waals surface area contributed by atoms with Crippen LogP contribution in [-0.4, -0.2) is 50.3 Å². The van der Waals surface area contributed by atoms with Crippen molar-refractivity contribution in [1.29, 1.82) is 0 Å². The molecule has 0 aliphatic carbocycles. The van der Waals surface area contributed by atoms with Crippen LogP contribution in [0.25, 0.3) is 0 Å². The maximum absolute atomic E-state index is 13.9. The molecule has 0 fully saturated rings. The predicted molar refractivity (Wildman–Crippen MR) is 157 cm³/mol. The number of nitrogens with one attached hydrogen (secondary N) is 1. The summed E-state index contributed by atoms with van der Waals surface area (Å²) in [5, 5.41) is 2.53. The van der Waals surface area contributed by atoms with Crippen molar-refractivity contribution in [2.24, 2.45) is 0 Å². The maximum Gasteiger partial charge on any atom is 0.416 e. The molecule has 42 heavy (non-hydrogen) atoms. The van der Waals surface area contributed by atoms with Crippen molar-refractivity contribution in [2.45, 2.75) is 56.8 Å². The van der Waals surface area contributed by atoms with Crippen molar-refractivity contribution in [3.8, 4) is 0 Å². The van der Waals surface area contributed by atoms with Crippen molar-refractivity contribution in [3.05, 3.63) is 95.0 Å². The first-order valence-corrected chi connectivity index (χ1v) is 15.2. The summed E-state index contributed by atoms with van der Waals surface area (Å²) in [6, 6.07) is 17.3. The quantitative estimate of drug-likeness (QED) is 0.271. The summed E-state index contributed by atoms with van der Waals surface area (Å²) < 4.78 is 69.1. The Morgan fingerprint density at radius 1 is 0.952 bits per heavy atom. The number of anilines is 1. The average molecular weight is 624 g/mol. The van der Waals surface area contributed by atoms with Crippen LogP contribution in [0.5, 0.6) is 0 Å². The smallest absolute Gasteiger partial charge is 0.352 e. The zero-order chi connectivity index (χ0) is 31.1. The van der Waals surface area contributed by atoms with Crippen LogP contribution < -0.4 is 9.62 Å². The average Bonchev–Trinajstić information content (AvgIpc) is 2.96. The fourth-order valence-corrected chi connectivity index (χ4v) is 5.86. The van der Waals surface area contributed by atoms with Gasteiger partial charge in [-0.3, -0.25) is 13.9 Å². The topological polar surface area (TPSA) is 86.8 Å². The zero-order valence-corrected chi connectivity index (χ0v) is 25.0. The number of alkyl halides is 3. The van der Waals surface area contributed by atoms with Gasteiger partial charge in [-0.1, -0.05) is 67.1 Å². The number of nitrogens with zero attached hydrogens (tertiary/aromatic N) is 2. The van der Waals surface area contributed by atoms with E-state index in [0.717, 1.165) is 17.7 Å². The Morgan fingerprint density at radius 2 is 1.55 bits per heavy atom. The van der Waals surface area contributed by atoms with E-state index in [1.165, 1.54) is 36.1 Å². The van der Waals surface area contributed by atoms with Gasteiger partial charge in [-0.15, -0.1) is 0 Å². The standard InChI is InChI=1S/C30H33ClF3N3O4S/c1-4-21(2)35-29(39)22(3)36(18-17-23-11-7-5-8-12-23)28(38)20-37(42(40,41)25-13-9-6-10-14-25)27-19-24(30(32,33)34)15-16-26(27)31/h5-16,19,21-22H,4,17-18,20H2,1-3H3,(H,35,39)/t21-,22+/m0/s1. The Morgan fingerprint density at radius 3 is 2.12 bits per heavy atom. The normalized spacial score (nSPS) is 13.2. The Labute approximate surface area is 249 Å². The monoisotopic (exact) mass is 623 g/mol. The van der Waals surface area contributed by atoms with Gasteiger partial charge in [-0.25, -0.2) is 8.42 Å². The third-order valence-corrected chi connectivity index (χ3v) is 8.90. The molecule has 0 unspecified atom stereocenters. The Kier molecular flexibility index (Phi) is 11.0. The summed E-state index contributed by atoms with van der Waals surface area (Å²) >= 11 is 6.26. The minimum atomic E-state index is -4.80. The van der Waals surface area contributed by atoms with Crippen LogP contribution in [0.1, 0.15) is 38.3 Å². The molecule has 0 radical (unpaired) electrons. The molecule has 3 aromatic carbocycles. The van der Waals surface area contributed by atoms with Gasteiger partial charge in [0.05, 0.1) is 21.2 Å². The van der Waals surface area contributed by atoms with Crippen LogP contribution in [0, 0.1) is 0 Å². The molecule has 0 heterocycles. The van der Waals surface area contributed by atoms with E-state index >= 15 is 0 Å². The van der Waals surface area contributed by atoms with Gasteiger partial charge in [-0.05, 0) is 62.6 Å². The van der Waals surface area contributed by atoms with Crippen LogP contribution in [-0.2, 0) is 32.2 Å². The molecule has 0 spiro atoms. The van der Waals surface area contributed by atoms with Crippen molar-refractivity contribution >= 4 is 39.1 Å². The van der Waals surface area contributed by atoms with E-state index in [9.17, 15) is 31.2 Å².